The second-order valence-corrected chi connectivity index (χ2v) is 4.58. The van der Waals surface area contributed by atoms with E-state index in [0.29, 0.717) is 6.42 Å². The van der Waals surface area contributed by atoms with Crippen LogP contribution in [-0.2, 0) is 4.79 Å². The van der Waals surface area contributed by atoms with Crippen LogP contribution >= 0.6 is 0 Å². The van der Waals surface area contributed by atoms with Crippen molar-refractivity contribution in [3.63, 3.8) is 0 Å². The first-order valence-corrected chi connectivity index (χ1v) is 5.96. The van der Waals surface area contributed by atoms with E-state index in [1.807, 2.05) is 32.0 Å². The van der Waals surface area contributed by atoms with Crippen LogP contribution in [0, 0.1) is 13.8 Å². The molecule has 0 aliphatic heterocycles. The maximum absolute atomic E-state index is 10.5. The third-order valence-corrected chi connectivity index (χ3v) is 3.30. The number of carbonyl (C=O) groups is 1. The van der Waals surface area contributed by atoms with Gasteiger partial charge >= 0.3 is 5.97 Å². The Morgan fingerprint density at radius 1 is 1.44 bits per heavy atom. The summed E-state index contributed by atoms with van der Waals surface area (Å²) in [5, 5.41) is 9.73. The van der Waals surface area contributed by atoms with E-state index in [1.165, 1.54) is 0 Å². The minimum atomic E-state index is -0.823. The van der Waals surface area contributed by atoms with E-state index in [4.69, 9.17) is 15.3 Å². The summed E-state index contributed by atoms with van der Waals surface area (Å²) in [6.07, 6.45) is 0.509. The van der Waals surface area contributed by atoms with Crippen molar-refractivity contribution in [1.82, 2.24) is 0 Å². The van der Waals surface area contributed by atoms with Gasteiger partial charge in [0.15, 0.2) is 0 Å². The van der Waals surface area contributed by atoms with E-state index >= 15 is 0 Å². The van der Waals surface area contributed by atoms with Crippen LogP contribution in [0.3, 0.4) is 0 Å². The molecular formula is C14H17NO3. The molecule has 0 saturated heterocycles. The molecule has 18 heavy (non-hydrogen) atoms. The van der Waals surface area contributed by atoms with Crippen LogP contribution in [0.1, 0.15) is 35.8 Å². The number of hydrogen-bond acceptors (Lipinski definition) is 3. The predicted octanol–water partition coefficient (Wildman–Crippen LogP) is 2.91. The van der Waals surface area contributed by atoms with E-state index in [1.54, 1.807) is 0 Å². The number of furan rings is 1. The van der Waals surface area contributed by atoms with Gasteiger partial charge in [0.25, 0.3) is 0 Å². The van der Waals surface area contributed by atoms with Crippen LogP contribution in [0.2, 0.25) is 0 Å². The molecule has 1 unspecified atom stereocenters. The molecule has 1 aromatic carbocycles. The van der Waals surface area contributed by atoms with Crippen LogP contribution in [0.4, 0.5) is 0 Å². The van der Waals surface area contributed by atoms with Crippen molar-refractivity contribution >= 4 is 16.9 Å². The number of carboxylic acid groups (broad SMARTS) is 1. The Morgan fingerprint density at radius 3 is 2.83 bits per heavy atom. The lowest BCUT2D eigenvalue weighted by atomic mass is 10.0. The van der Waals surface area contributed by atoms with Crippen molar-refractivity contribution in [1.29, 1.82) is 0 Å². The van der Waals surface area contributed by atoms with Crippen molar-refractivity contribution in [3.05, 3.63) is 35.1 Å². The molecule has 1 atom stereocenters. The van der Waals surface area contributed by atoms with Crippen molar-refractivity contribution in [2.75, 3.05) is 0 Å². The quantitative estimate of drug-likeness (QED) is 0.870. The summed E-state index contributed by atoms with van der Waals surface area (Å²) in [6.45, 7) is 3.95. The van der Waals surface area contributed by atoms with Gasteiger partial charge in [-0.25, -0.2) is 0 Å². The summed E-state index contributed by atoms with van der Waals surface area (Å²) in [6, 6.07) is 5.56. The second kappa shape index (κ2) is 4.82. The van der Waals surface area contributed by atoms with Crippen LogP contribution in [-0.4, -0.2) is 11.1 Å². The lowest BCUT2D eigenvalue weighted by Crippen LogP contribution is -2.12. The molecule has 96 valence electrons. The molecule has 4 heteroatoms. The molecule has 0 aliphatic rings. The van der Waals surface area contributed by atoms with Crippen molar-refractivity contribution in [2.24, 2.45) is 5.73 Å². The molecule has 1 aromatic heterocycles. The monoisotopic (exact) mass is 247 g/mol. The second-order valence-electron chi connectivity index (χ2n) is 4.58. The summed E-state index contributed by atoms with van der Waals surface area (Å²) >= 11 is 0. The number of hydrogen-bond donors (Lipinski definition) is 2. The van der Waals surface area contributed by atoms with Crippen molar-refractivity contribution in [3.8, 4) is 0 Å². The molecular weight excluding hydrogens is 230 g/mol. The zero-order valence-corrected chi connectivity index (χ0v) is 10.6. The highest BCUT2D eigenvalue weighted by atomic mass is 16.4. The van der Waals surface area contributed by atoms with Gasteiger partial charge in [0.05, 0.1) is 0 Å². The number of benzene rings is 1. The van der Waals surface area contributed by atoms with Gasteiger partial charge in [-0.3, -0.25) is 4.79 Å². The molecule has 2 rings (SSSR count). The van der Waals surface area contributed by atoms with Gasteiger partial charge in [0, 0.05) is 17.8 Å². The van der Waals surface area contributed by atoms with Gasteiger partial charge in [-0.2, -0.15) is 0 Å². The minimum absolute atomic E-state index is 0.0788. The molecule has 1 heterocycles. The van der Waals surface area contributed by atoms with Gasteiger partial charge in [0.1, 0.15) is 11.3 Å². The number of aryl methyl sites for hydroxylation is 2. The van der Waals surface area contributed by atoms with Gasteiger partial charge in [0.2, 0.25) is 0 Å². The van der Waals surface area contributed by atoms with Crippen LogP contribution in [0.15, 0.2) is 22.6 Å². The first-order valence-electron chi connectivity index (χ1n) is 5.96. The smallest absolute Gasteiger partial charge is 0.303 e. The molecule has 3 N–H and O–H groups in total. The first-order chi connectivity index (χ1) is 8.49. The Hall–Kier alpha value is -1.81. The van der Waals surface area contributed by atoms with Gasteiger partial charge in [-0.1, -0.05) is 12.1 Å². The number of carboxylic acids is 1. The molecule has 0 fully saturated rings. The fraction of sp³-hybridized carbons (Fsp3) is 0.357. The van der Waals surface area contributed by atoms with Gasteiger partial charge < -0.3 is 15.3 Å². The Balaban J connectivity index is 2.27. The number of fused-ring (bicyclic) bond motifs is 1. The van der Waals surface area contributed by atoms with Crippen molar-refractivity contribution < 1.29 is 14.3 Å². The molecule has 0 radical (unpaired) electrons. The lowest BCUT2D eigenvalue weighted by Gasteiger charge is -2.10. The molecule has 0 bridgehead atoms. The zero-order valence-electron chi connectivity index (χ0n) is 10.6. The van der Waals surface area contributed by atoms with Crippen molar-refractivity contribution in [2.45, 2.75) is 32.7 Å². The number of aliphatic carboxylic acids is 1. The highest BCUT2D eigenvalue weighted by Crippen LogP contribution is 2.27. The van der Waals surface area contributed by atoms with Crippen LogP contribution in [0.25, 0.3) is 11.0 Å². The summed E-state index contributed by atoms with van der Waals surface area (Å²) < 4.78 is 5.64. The van der Waals surface area contributed by atoms with E-state index in [9.17, 15) is 4.79 Å². The highest BCUT2D eigenvalue weighted by Gasteiger charge is 2.12. The van der Waals surface area contributed by atoms with E-state index in [2.05, 4.69) is 0 Å². The number of rotatable bonds is 4. The summed E-state index contributed by atoms with van der Waals surface area (Å²) in [4.78, 5) is 10.5. The molecule has 0 spiro atoms. The average Bonchev–Trinajstić information content (AvgIpc) is 2.61. The summed E-state index contributed by atoms with van der Waals surface area (Å²) in [7, 11) is 0. The largest absolute Gasteiger partial charge is 0.481 e. The number of nitrogens with two attached hydrogens (primary N) is 1. The Bertz CT molecular complexity index is 586. The Labute approximate surface area is 105 Å². The van der Waals surface area contributed by atoms with Gasteiger partial charge in [-0.05, 0) is 37.5 Å². The lowest BCUT2D eigenvalue weighted by molar-refractivity contribution is -0.137. The average molecular weight is 247 g/mol. The third-order valence-electron chi connectivity index (χ3n) is 3.30. The maximum Gasteiger partial charge on any atom is 0.303 e. The fourth-order valence-corrected chi connectivity index (χ4v) is 2.04. The van der Waals surface area contributed by atoms with Gasteiger partial charge in [-0.15, -0.1) is 0 Å². The van der Waals surface area contributed by atoms with Crippen LogP contribution < -0.4 is 5.73 Å². The van der Waals surface area contributed by atoms with E-state index in [-0.39, 0.29) is 12.5 Å². The fourth-order valence-electron chi connectivity index (χ4n) is 2.04. The Kier molecular flexibility index (Phi) is 3.39. The first kappa shape index (κ1) is 12.6. The standard InChI is InChI=1S/C14H17NO3/c1-8-9(2)18-13-7-10(3-4-11(8)13)12(15)5-6-14(16)17/h3-4,7,12H,5-6,15H2,1-2H3,(H,16,17). The molecule has 0 amide bonds. The highest BCUT2D eigenvalue weighted by molar-refractivity contribution is 5.82. The van der Waals surface area contributed by atoms with E-state index in [0.717, 1.165) is 27.9 Å². The topological polar surface area (TPSA) is 76.5 Å². The Morgan fingerprint density at radius 2 is 2.17 bits per heavy atom. The van der Waals surface area contributed by atoms with E-state index < -0.39 is 5.97 Å². The third kappa shape index (κ3) is 2.38. The predicted molar refractivity (Wildman–Crippen MR) is 69.5 cm³/mol. The molecule has 0 aliphatic carbocycles. The zero-order chi connectivity index (χ0) is 13.3. The maximum atomic E-state index is 10.5. The molecule has 4 nitrogen and oxygen atoms in total. The molecule has 0 saturated carbocycles. The summed E-state index contributed by atoms with van der Waals surface area (Å²) in [5.41, 5.74) is 8.84. The van der Waals surface area contributed by atoms with Crippen LogP contribution in [0.5, 0.6) is 0 Å². The SMILES string of the molecule is Cc1oc2cc(C(N)CCC(=O)O)ccc2c1C. The minimum Gasteiger partial charge on any atom is -0.481 e. The summed E-state index contributed by atoms with van der Waals surface area (Å²) in [5.74, 6) is 0.0810. The molecule has 2 aromatic rings. The normalized spacial score (nSPS) is 12.8.